The summed E-state index contributed by atoms with van der Waals surface area (Å²) < 4.78 is 0. The first-order valence-corrected chi connectivity index (χ1v) is 7.51. The normalized spacial score (nSPS) is 36.2. The minimum atomic E-state index is 0. The van der Waals surface area contributed by atoms with Gasteiger partial charge in [-0.2, -0.15) is 0 Å². The summed E-state index contributed by atoms with van der Waals surface area (Å²) in [6.07, 6.45) is 6.81. The van der Waals surface area contributed by atoms with Crippen LogP contribution in [-0.4, -0.2) is 43.7 Å². The molecule has 2 aliphatic heterocycles. The Bertz CT molecular complexity index is 259. The summed E-state index contributed by atoms with van der Waals surface area (Å²) in [5.41, 5.74) is 6.28. The smallest absolute Gasteiger partial charge is 0.00825 e. The van der Waals surface area contributed by atoms with Crippen LogP contribution < -0.4 is 11.1 Å². The second-order valence-electron chi connectivity index (χ2n) is 6.43. The summed E-state index contributed by atoms with van der Waals surface area (Å²) in [6.45, 7) is 6.41. The van der Waals surface area contributed by atoms with Crippen LogP contribution in [0.25, 0.3) is 0 Å². The van der Waals surface area contributed by atoms with E-state index >= 15 is 0 Å². The SMILES string of the molecule is Cl.Cl.NC1CCCC2CN(CC3CCNCC3)CC12. The van der Waals surface area contributed by atoms with Crippen molar-refractivity contribution in [3.63, 3.8) is 0 Å². The molecule has 3 atom stereocenters. The number of likely N-dealkylation sites (tertiary alicyclic amines) is 1. The molecular formula is C14H29Cl2N3. The van der Waals surface area contributed by atoms with E-state index < -0.39 is 0 Å². The standard InChI is InChI=1S/C14H27N3.2ClH/c15-14-3-1-2-12-9-17(10-13(12)14)8-11-4-6-16-7-5-11;;/h11-14,16H,1-10,15H2;2*1H. The molecule has 114 valence electrons. The van der Waals surface area contributed by atoms with Crippen LogP contribution in [0.4, 0.5) is 0 Å². The third-order valence-electron chi connectivity index (χ3n) is 5.20. The number of hydrogen-bond donors (Lipinski definition) is 2. The Balaban J connectivity index is 0.000000902. The highest BCUT2D eigenvalue weighted by molar-refractivity contribution is 5.85. The van der Waals surface area contributed by atoms with E-state index in [2.05, 4.69) is 10.2 Å². The predicted molar refractivity (Wildman–Crippen MR) is 85.3 cm³/mol. The van der Waals surface area contributed by atoms with Crippen molar-refractivity contribution in [2.24, 2.45) is 23.5 Å². The van der Waals surface area contributed by atoms with E-state index in [4.69, 9.17) is 5.73 Å². The topological polar surface area (TPSA) is 41.3 Å². The molecule has 0 bridgehead atoms. The van der Waals surface area contributed by atoms with Gasteiger partial charge in [0.25, 0.3) is 0 Å². The van der Waals surface area contributed by atoms with Gasteiger partial charge in [0.15, 0.2) is 0 Å². The maximum absolute atomic E-state index is 6.28. The van der Waals surface area contributed by atoms with Crippen molar-refractivity contribution in [3.8, 4) is 0 Å². The number of nitrogens with zero attached hydrogens (tertiary/aromatic N) is 1. The first-order chi connectivity index (χ1) is 8.33. The average Bonchev–Trinajstić information content (AvgIpc) is 2.74. The van der Waals surface area contributed by atoms with Crippen LogP contribution in [0.3, 0.4) is 0 Å². The summed E-state index contributed by atoms with van der Waals surface area (Å²) in [5.74, 6) is 2.67. The Kier molecular flexibility index (Phi) is 7.41. The van der Waals surface area contributed by atoms with Gasteiger partial charge in [-0.15, -0.1) is 24.8 Å². The maximum atomic E-state index is 6.28. The van der Waals surface area contributed by atoms with Gasteiger partial charge >= 0.3 is 0 Å². The molecule has 1 saturated carbocycles. The lowest BCUT2D eigenvalue weighted by atomic mass is 9.78. The number of hydrogen-bond acceptors (Lipinski definition) is 3. The highest BCUT2D eigenvalue weighted by atomic mass is 35.5. The molecule has 3 nitrogen and oxygen atoms in total. The predicted octanol–water partition coefficient (Wildman–Crippen LogP) is 1.89. The zero-order valence-electron chi connectivity index (χ0n) is 11.7. The van der Waals surface area contributed by atoms with Gasteiger partial charge in [-0.05, 0) is 56.5 Å². The third-order valence-corrected chi connectivity index (χ3v) is 5.20. The Morgan fingerprint density at radius 2 is 1.74 bits per heavy atom. The second-order valence-corrected chi connectivity index (χ2v) is 6.43. The van der Waals surface area contributed by atoms with Crippen molar-refractivity contribution in [1.82, 2.24) is 10.2 Å². The molecular weight excluding hydrogens is 281 g/mol. The largest absolute Gasteiger partial charge is 0.327 e. The molecule has 19 heavy (non-hydrogen) atoms. The lowest BCUT2D eigenvalue weighted by molar-refractivity contribution is 0.230. The van der Waals surface area contributed by atoms with Crippen LogP contribution in [0.15, 0.2) is 0 Å². The van der Waals surface area contributed by atoms with Crippen LogP contribution in [-0.2, 0) is 0 Å². The van der Waals surface area contributed by atoms with Crippen LogP contribution in [0.5, 0.6) is 0 Å². The summed E-state index contributed by atoms with van der Waals surface area (Å²) in [5, 5.41) is 3.46. The van der Waals surface area contributed by atoms with E-state index in [9.17, 15) is 0 Å². The Labute approximate surface area is 129 Å². The number of halogens is 2. The highest BCUT2D eigenvalue weighted by Gasteiger charge is 2.38. The molecule has 3 fully saturated rings. The van der Waals surface area contributed by atoms with Gasteiger partial charge in [0.2, 0.25) is 0 Å². The molecule has 0 spiro atoms. The van der Waals surface area contributed by atoms with Gasteiger partial charge in [0.1, 0.15) is 0 Å². The maximum Gasteiger partial charge on any atom is 0.00825 e. The number of fused-ring (bicyclic) bond motifs is 1. The zero-order chi connectivity index (χ0) is 11.7. The van der Waals surface area contributed by atoms with Gasteiger partial charge in [-0.3, -0.25) is 0 Å². The molecule has 0 aromatic heterocycles. The van der Waals surface area contributed by atoms with Gasteiger partial charge in [0, 0.05) is 25.7 Å². The molecule has 3 aliphatic rings. The Morgan fingerprint density at radius 1 is 1.00 bits per heavy atom. The molecule has 2 saturated heterocycles. The van der Waals surface area contributed by atoms with Crippen molar-refractivity contribution in [1.29, 1.82) is 0 Å². The van der Waals surface area contributed by atoms with E-state index in [-0.39, 0.29) is 24.8 Å². The van der Waals surface area contributed by atoms with Crippen LogP contribution in [0.1, 0.15) is 32.1 Å². The zero-order valence-corrected chi connectivity index (χ0v) is 13.4. The van der Waals surface area contributed by atoms with Crippen molar-refractivity contribution >= 4 is 24.8 Å². The third kappa shape index (κ3) is 4.21. The van der Waals surface area contributed by atoms with Gasteiger partial charge in [0.05, 0.1) is 0 Å². The van der Waals surface area contributed by atoms with Crippen molar-refractivity contribution in [2.75, 3.05) is 32.7 Å². The monoisotopic (exact) mass is 309 g/mol. The molecule has 3 rings (SSSR count). The molecule has 2 heterocycles. The van der Waals surface area contributed by atoms with Crippen molar-refractivity contribution in [2.45, 2.75) is 38.1 Å². The van der Waals surface area contributed by atoms with Crippen LogP contribution in [0, 0.1) is 17.8 Å². The summed E-state index contributed by atoms with van der Waals surface area (Å²) >= 11 is 0. The summed E-state index contributed by atoms with van der Waals surface area (Å²) in [4.78, 5) is 2.72. The van der Waals surface area contributed by atoms with E-state index in [1.165, 1.54) is 64.8 Å². The van der Waals surface area contributed by atoms with Gasteiger partial charge < -0.3 is 16.0 Å². The average molecular weight is 310 g/mol. The molecule has 5 heteroatoms. The van der Waals surface area contributed by atoms with E-state index in [1.54, 1.807) is 0 Å². The van der Waals surface area contributed by atoms with Gasteiger partial charge in [-0.25, -0.2) is 0 Å². The number of piperidine rings is 1. The number of rotatable bonds is 2. The van der Waals surface area contributed by atoms with Crippen LogP contribution in [0.2, 0.25) is 0 Å². The fourth-order valence-corrected chi connectivity index (χ4v) is 4.19. The second kappa shape index (κ2) is 8.04. The fourth-order valence-electron chi connectivity index (χ4n) is 4.19. The quantitative estimate of drug-likeness (QED) is 0.818. The minimum Gasteiger partial charge on any atom is -0.327 e. The molecule has 0 aromatic rings. The molecule has 0 radical (unpaired) electrons. The van der Waals surface area contributed by atoms with Crippen molar-refractivity contribution in [3.05, 3.63) is 0 Å². The van der Waals surface area contributed by atoms with E-state index in [0.29, 0.717) is 6.04 Å². The highest BCUT2D eigenvalue weighted by Crippen LogP contribution is 2.36. The van der Waals surface area contributed by atoms with E-state index in [1.807, 2.05) is 0 Å². The lowest BCUT2D eigenvalue weighted by Gasteiger charge is -2.30. The molecule has 3 unspecified atom stereocenters. The summed E-state index contributed by atoms with van der Waals surface area (Å²) in [6, 6.07) is 0.492. The first kappa shape index (κ1) is 17.5. The van der Waals surface area contributed by atoms with Gasteiger partial charge in [-0.1, -0.05) is 6.42 Å². The molecule has 0 amide bonds. The first-order valence-electron chi connectivity index (χ1n) is 7.51. The molecule has 0 aromatic carbocycles. The fraction of sp³-hybridized carbons (Fsp3) is 1.00. The number of nitrogens with one attached hydrogen (secondary N) is 1. The number of nitrogens with two attached hydrogens (primary N) is 1. The molecule has 3 N–H and O–H groups in total. The minimum absolute atomic E-state index is 0. The van der Waals surface area contributed by atoms with E-state index in [0.717, 1.165) is 17.8 Å². The summed E-state index contributed by atoms with van der Waals surface area (Å²) in [7, 11) is 0. The lowest BCUT2D eigenvalue weighted by Crippen LogP contribution is -2.38. The van der Waals surface area contributed by atoms with Crippen molar-refractivity contribution < 1.29 is 0 Å². The van der Waals surface area contributed by atoms with Crippen LogP contribution >= 0.6 is 24.8 Å². The Hall–Kier alpha value is 0.460. The molecule has 1 aliphatic carbocycles. The Morgan fingerprint density at radius 3 is 2.42 bits per heavy atom.